The number of aryl methyl sites for hydroxylation is 3. The summed E-state index contributed by atoms with van der Waals surface area (Å²) >= 11 is 0. The highest BCUT2D eigenvalue weighted by Gasteiger charge is 2.15. The van der Waals surface area contributed by atoms with Gasteiger partial charge in [0.15, 0.2) is 11.5 Å². The van der Waals surface area contributed by atoms with E-state index >= 15 is 0 Å². The van der Waals surface area contributed by atoms with Gasteiger partial charge in [0.25, 0.3) is 5.91 Å². The fourth-order valence-corrected chi connectivity index (χ4v) is 3.69. The number of hydrogen-bond acceptors (Lipinski definition) is 5. The summed E-state index contributed by atoms with van der Waals surface area (Å²) in [7, 11) is 1.91. The van der Waals surface area contributed by atoms with Crippen LogP contribution in [0.3, 0.4) is 0 Å². The van der Waals surface area contributed by atoms with E-state index in [9.17, 15) is 4.79 Å². The monoisotopic (exact) mass is 477 g/mol. The van der Waals surface area contributed by atoms with Gasteiger partial charge in [0, 0.05) is 29.6 Å². The molecule has 0 saturated heterocycles. The molecule has 3 aromatic rings. The zero-order chi connectivity index (χ0) is 25.4. The number of anilines is 1. The number of aromatic nitrogens is 2. The van der Waals surface area contributed by atoms with Gasteiger partial charge in [-0.1, -0.05) is 19.1 Å². The Labute approximate surface area is 207 Å². The Morgan fingerprint density at radius 3 is 2.43 bits per heavy atom. The molecule has 186 valence electrons. The fourth-order valence-electron chi connectivity index (χ4n) is 3.69. The van der Waals surface area contributed by atoms with Crippen LogP contribution < -0.4 is 20.1 Å². The van der Waals surface area contributed by atoms with Crippen molar-refractivity contribution in [1.82, 2.24) is 15.1 Å². The number of ether oxygens (including phenoxy) is 2. The Balaban J connectivity index is 1.89. The highest BCUT2D eigenvalue weighted by atomic mass is 16.5. The van der Waals surface area contributed by atoms with Gasteiger partial charge in [0.05, 0.1) is 25.5 Å². The van der Waals surface area contributed by atoms with Crippen LogP contribution in [0.1, 0.15) is 53.6 Å². The largest absolute Gasteiger partial charge is 0.490 e. The van der Waals surface area contributed by atoms with Crippen LogP contribution >= 0.6 is 0 Å². The molecule has 0 fully saturated rings. The summed E-state index contributed by atoms with van der Waals surface area (Å²) in [5, 5.41) is 10.7. The molecule has 8 heteroatoms. The summed E-state index contributed by atoms with van der Waals surface area (Å²) in [6, 6.07) is 13.2. The maximum Gasteiger partial charge on any atom is 0.258 e. The first-order valence-electron chi connectivity index (χ1n) is 12.0. The van der Waals surface area contributed by atoms with Crippen LogP contribution in [0, 0.1) is 13.8 Å². The van der Waals surface area contributed by atoms with Gasteiger partial charge >= 0.3 is 0 Å². The number of carbonyl (C=O) groups is 1. The van der Waals surface area contributed by atoms with Gasteiger partial charge in [0.1, 0.15) is 0 Å². The lowest BCUT2D eigenvalue weighted by molar-refractivity contribution is 0.0976. The molecule has 3 rings (SSSR count). The fraction of sp³-hybridized carbons (Fsp3) is 0.370. The molecule has 0 bridgehead atoms. The van der Waals surface area contributed by atoms with Crippen molar-refractivity contribution in [3.63, 3.8) is 0 Å². The van der Waals surface area contributed by atoms with Gasteiger partial charge < -0.3 is 14.8 Å². The minimum Gasteiger partial charge on any atom is -0.490 e. The molecule has 0 unspecified atom stereocenters. The van der Waals surface area contributed by atoms with Gasteiger partial charge in [0.2, 0.25) is 5.96 Å². The average molecular weight is 478 g/mol. The number of rotatable bonds is 9. The Morgan fingerprint density at radius 1 is 1.03 bits per heavy atom. The number of nitrogens with zero attached hydrogens (tertiary/aromatic N) is 3. The number of hydrogen-bond donors (Lipinski definition) is 2. The normalized spacial score (nSPS) is 11.3. The van der Waals surface area contributed by atoms with E-state index in [1.54, 1.807) is 18.2 Å². The number of nitrogens with one attached hydrogen (secondary N) is 2. The van der Waals surface area contributed by atoms with E-state index in [1.807, 2.05) is 57.6 Å². The van der Waals surface area contributed by atoms with Crippen molar-refractivity contribution in [2.45, 2.75) is 47.6 Å². The van der Waals surface area contributed by atoms with Crippen molar-refractivity contribution in [2.24, 2.45) is 12.0 Å². The second-order valence-electron chi connectivity index (χ2n) is 8.10. The predicted molar refractivity (Wildman–Crippen MR) is 140 cm³/mol. The SMILES string of the molecule is CCOc1ccc(C(=O)NC(=NCc2c(C)nn(C)c2C)Nc2cccc(CC)c2)cc1OCC. The first-order valence-corrected chi connectivity index (χ1v) is 12.0. The zero-order valence-corrected chi connectivity index (χ0v) is 21.4. The molecule has 1 aromatic heterocycles. The van der Waals surface area contributed by atoms with Gasteiger partial charge in [-0.2, -0.15) is 5.10 Å². The number of benzene rings is 2. The summed E-state index contributed by atoms with van der Waals surface area (Å²) in [5.74, 6) is 1.20. The second-order valence-corrected chi connectivity index (χ2v) is 8.10. The van der Waals surface area contributed by atoms with E-state index in [0.717, 1.165) is 29.1 Å². The molecule has 1 amide bonds. The third kappa shape index (κ3) is 6.62. The van der Waals surface area contributed by atoms with Gasteiger partial charge in [-0.25, -0.2) is 4.99 Å². The molecule has 0 saturated carbocycles. The van der Waals surface area contributed by atoms with Crippen LogP contribution in [-0.2, 0) is 20.0 Å². The average Bonchev–Trinajstić information content (AvgIpc) is 3.09. The third-order valence-corrected chi connectivity index (χ3v) is 5.69. The van der Waals surface area contributed by atoms with E-state index in [4.69, 9.17) is 14.5 Å². The minimum absolute atomic E-state index is 0.300. The van der Waals surface area contributed by atoms with E-state index < -0.39 is 0 Å². The summed E-state index contributed by atoms with van der Waals surface area (Å²) in [6.45, 7) is 11.2. The predicted octanol–water partition coefficient (Wildman–Crippen LogP) is 4.79. The van der Waals surface area contributed by atoms with E-state index in [-0.39, 0.29) is 5.91 Å². The lowest BCUT2D eigenvalue weighted by Crippen LogP contribution is -2.36. The lowest BCUT2D eigenvalue weighted by atomic mass is 10.1. The second kappa shape index (κ2) is 12.1. The molecule has 0 atom stereocenters. The Morgan fingerprint density at radius 2 is 1.77 bits per heavy atom. The lowest BCUT2D eigenvalue weighted by Gasteiger charge is -2.15. The van der Waals surface area contributed by atoms with Crippen LogP contribution in [-0.4, -0.2) is 34.9 Å². The third-order valence-electron chi connectivity index (χ3n) is 5.69. The Hall–Kier alpha value is -3.81. The molecular formula is C27H35N5O3. The van der Waals surface area contributed by atoms with Gasteiger partial charge in [-0.05, 0) is 70.0 Å². The van der Waals surface area contributed by atoms with Crippen LogP contribution in [0.5, 0.6) is 11.5 Å². The van der Waals surface area contributed by atoms with Crippen LogP contribution in [0.25, 0.3) is 0 Å². The first-order chi connectivity index (χ1) is 16.9. The standard InChI is InChI=1S/C27H35N5O3/c1-7-20-11-10-12-22(15-20)29-27(28-17-23-18(4)31-32(6)19(23)5)30-26(33)21-13-14-24(34-8-2)25(16-21)35-9-3/h10-16H,7-9,17H2,1-6H3,(H2,28,29,30,33). The Kier molecular flexibility index (Phi) is 8.89. The molecule has 0 aliphatic carbocycles. The highest BCUT2D eigenvalue weighted by Crippen LogP contribution is 2.28. The number of amides is 1. The molecule has 0 radical (unpaired) electrons. The Bertz CT molecular complexity index is 1200. The zero-order valence-electron chi connectivity index (χ0n) is 21.4. The van der Waals surface area contributed by atoms with Crippen molar-refractivity contribution < 1.29 is 14.3 Å². The van der Waals surface area contributed by atoms with Crippen LogP contribution in [0.15, 0.2) is 47.5 Å². The van der Waals surface area contributed by atoms with E-state index in [1.165, 1.54) is 5.56 Å². The van der Waals surface area contributed by atoms with Crippen LogP contribution in [0.4, 0.5) is 5.69 Å². The molecule has 2 N–H and O–H groups in total. The minimum atomic E-state index is -0.300. The summed E-state index contributed by atoms with van der Waals surface area (Å²) in [5.41, 5.74) is 5.47. The summed E-state index contributed by atoms with van der Waals surface area (Å²) in [4.78, 5) is 17.9. The molecule has 8 nitrogen and oxygen atoms in total. The molecular weight excluding hydrogens is 442 g/mol. The molecule has 0 aliphatic rings. The topological polar surface area (TPSA) is 89.8 Å². The van der Waals surface area contributed by atoms with Gasteiger partial charge in [-0.15, -0.1) is 0 Å². The van der Waals surface area contributed by atoms with Crippen molar-refractivity contribution in [3.05, 3.63) is 70.5 Å². The number of carbonyl (C=O) groups excluding carboxylic acids is 1. The highest BCUT2D eigenvalue weighted by molar-refractivity contribution is 6.10. The molecule has 1 heterocycles. The molecule has 2 aromatic carbocycles. The van der Waals surface area contributed by atoms with Crippen molar-refractivity contribution >= 4 is 17.6 Å². The first kappa shape index (κ1) is 25.8. The van der Waals surface area contributed by atoms with Crippen molar-refractivity contribution in [2.75, 3.05) is 18.5 Å². The number of guanidine groups is 1. The van der Waals surface area contributed by atoms with Crippen molar-refractivity contribution in [3.8, 4) is 11.5 Å². The smallest absolute Gasteiger partial charge is 0.258 e. The maximum atomic E-state index is 13.2. The van der Waals surface area contributed by atoms with Crippen molar-refractivity contribution in [1.29, 1.82) is 0 Å². The summed E-state index contributed by atoms with van der Waals surface area (Å²) in [6.07, 6.45) is 0.912. The maximum absolute atomic E-state index is 13.2. The molecule has 0 aliphatic heterocycles. The van der Waals surface area contributed by atoms with Gasteiger partial charge in [-0.3, -0.25) is 14.8 Å². The molecule has 0 spiro atoms. The van der Waals surface area contributed by atoms with E-state index in [2.05, 4.69) is 28.7 Å². The van der Waals surface area contributed by atoms with Crippen LogP contribution in [0.2, 0.25) is 0 Å². The summed E-state index contributed by atoms with van der Waals surface area (Å²) < 4.78 is 13.1. The number of aliphatic imine (C=N–C) groups is 1. The molecule has 35 heavy (non-hydrogen) atoms. The quantitative estimate of drug-likeness (QED) is 0.341. The van der Waals surface area contributed by atoms with E-state index in [0.29, 0.717) is 42.8 Å².